The molecule has 1 rings (SSSR count). The lowest BCUT2D eigenvalue weighted by Crippen LogP contribution is -2.17. The summed E-state index contributed by atoms with van der Waals surface area (Å²) in [7, 11) is 2.71. The zero-order valence-electron chi connectivity index (χ0n) is 7.99. The SMILES string of the molecule is COC(=O)Cc1c(OC)cc[nH]c1=O. The fraction of sp³-hybridized carbons (Fsp3) is 0.333. The molecule has 0 aromatic carbocycles. The van der Waals surface area contributed by atoms with Crippen LogP contribution in [0.3, 0.4) is 0 Å². The second-order valence-corrected chi connectivity index (χ2v) is 2.61. The largest absolute Gasteiger partial charge is 0.496 e. The van der Waals surface area contributed by atoms with Crippen LogP contribution in [0.4, 0.5) is 0 Å². The number of hydrogen-bond donors (Lipinski definition) is 1. The molecule has 0 bridgehead atoms. The Morgan fingerprint density at radius 2 is 2.21 bits per heavy atom. The first-order valence-electron chi connectivity index (χ1n) is 4.00. The summed E-state index contributed by atoms with van der Waals surface area (Å²) in [6.45, 7) is 0. The topological polar surface area (TPSA) is 68.4 Å². The molecule has 0 aliphatic rings. The van der Waals surface area contributed by atoms with Crippen LogP contribution in [0.15, 0.2) is 17.1 Å². The zero-order chi connectivity index (χ0) is 10.6. The van der Waals surface area contributed by atoms with Gasteiger partial charge in [-0.15, -0.1) is 0 Å². The van der Waals surface area contributed by atoms with Gasteiger partial charge in [0.1, 0.15) is 5.75 Å². The Kier molecular flexibility index (Phi) is 3.28. The van der Waals surface area contributed by atoms with Crippen molar-refractivity contribution in [2.24, 2.45) is 0 Å². The molecule has 76 valence electrons. The molecular formula is C9H11NO4. The van der Waals surface area contributed by atoms with Gasteiger partial charge in [0.05, 0.1) is 26.2 Å². The Morgan fingerprint density at radius 3 is 2.79 bits per heavy atom. The number of hydrogen-bond acceptors (Lipinski definition) is 4. The number of aromatic amines is 1. The van der Waals surface area contributed by atoms with Crippen molar-refractivity contribution in [1.82, 2.24) is 4.98 Å². The molecule has 0 aliphatic carbocycles. The summed E-state index contributed by atoms with van der Waals surface area (Å²) >= 11 is 0. The maximum absolute atomic E-state index is 11.3. The predicted molar refractivity (Wildman–Crippen MR) is 49.3 cm³/mol. The number of methoxy groups -OCH3 is 2. The Bertz CT molecular complexity index is 383. The molecule has 1 aromatic heterocycles. The molecule has 0 spiro atoms. The minimum atomic E-state index is -0.472. The van der Waals surface area contributed by atoms with E-state index in [4.69, 9.17) is 4.74 Å². The summed E-state index contributed by atoms with van der Waals surface area (Å²) in [5.74, 6) is -0.0841. The molecule has 0 saturated carbocycles. The van der Waals surface area contributed by atoms with Crippen LogP contribution < -0.4 is 10.3 Å². The third kappa shape index (κ3) is 2.12. The van der Waals surface area contributed by atoms with Gasteiger partial charge in [0, 0.05) is 6.20 Å². The van der Waals surface area contributed by atoms with Gasteiger partial charge in [-0.25, -0.2) is 0 Å². The summed E-state index contributed by atoms with van der Waals surface area (Å²) in [6.07, 6.45) is 1.37. The standard InChI is InChI=1S/C9H11NO4/c1-13-7-3-4-10-9(12)6(7)5-8(11)14-2/h3-4H,5H2,1-2H3,(H,10,12). The van der Waals surface area contributed by atoms with Crippen molar-refractivity contribution in [2.75, 3.05) is 14.2 Å². The van der Waals surface area contributed by atoms with E-state index in [2.05, 4.69) is 9.72 Å². The monoisotopic (exact) mass is 197 g/mol. The first-order valence-corrected chi connectivity index (χ1v) is 4.00. The normalized spacial score (nSPS) is 9.57. The van der Waals surface area contributed by atoms with E-state index in [-0.39, 0.29) is 17.5 Å². The predicted octanol–water partition coefficient (Wildman–Crippen LogP) is 0.0990. The fourth-order valence-corrected chi connectivity index (χ4v) is 1.07. The number of aromatic nitrogens is 1. The van der Waals surface area contributed by atoms with Crippen LogP contribution in [0.2, 0.25) is 0 Å². The van der Waals surface area contributed by atoms with Crippen molar-refractivity contribution >= 4 is 5.97 Å². The highest BCUT2D eigenvalue weighted by molar-refractivity contribution is 5.73. The molecule has 1 aromatic rings. The van der Waals surface area contributed by atoms with E-state index < -0.39 is 5.97 Å². The molecule has 0 unspecified atom stereocenters. The van der Waals surface area contributed by atoms with Crippen LogP contribution in [-0.2, 0) is 16.0 Å². The van der Waals surface area contributed by atoms with Gasteiger partial charge in [-0.05, 0) is 6.07 Å². The summed E-state index contributed by atoms with van der Waals surface area (Å²) in [5, 5.41) is 0. The Morgan fingerprint density at radius 1 is 1.50 bits per heavy atom. The maximum atomic E-state index is 11.3. The lowest BCUT2D eigenvalue weighted by molar-refractivity contribution is -0.139. The molecule has 0 aliphatic heterocycles. The number of H-pyrrole nitrogens is 1. The maximum Gasteiger partial charge on any atom is 0.310 e. The van der Waals surface area contributed by atoms with Gasteiger partial charge in [0.2, 0.25) is 0 Å². The molecule has 14 heavy (non-hydrogen) atoms. The Hall–Kier alpha value is -1.78. The minimum Gasteiger partial charge on any atom is -0.496 e. The number of nitrogens with one attached hydrogen (secondary N) is 1. The molecule has 0 atom stereocenters. The van der Waals surface area contributed by atoms with Crippen molar-refractivity contribution in [2.45, 2.75) is 6.42 Å². The van der Waals surface area contributed by atoms with Crippen molar-refractivity contribution in [1.29, 1.82) is 0 Å². The van der Waals surface area contributed by atoms with E-state index in [9.17, 15) is 9.59 Å². The third-order valence-corrected chi connectivity index (χ3v) is 1.79. The smallest absolute Gasteiger partial charge is 0.310 e. The van der Waals surface area contributed by atoms with Gasteiger partial charge in [-0.3, -0.25) is 9.59 Å². The van der Waals surface area contributed by atoms with Gasteiger partial charge < -0.3 is 14.5 Å². The van der Waals surface area contributed by atoms with Crippen molar-refractivity contribution in [3.05, 3.63) is 28.2 Å². The lowest BCUT2D eigenvalue weighted by Gasteiger charge is -2.05. The summed E-state index contributed by atoms with van der Waals surface area (Å²) in [5.41, 5.74) is -0.0587. The van der Waals surface area contributed by atoms with E-state index in [0.717, 1.165) is 0 Å². The molecule has 0 saturated heterocycles. The van der Waals surface area contributed by atoms with Crippen LogP contribution in [0.1, 0.15) is 5.56 Å². The van der Waals surface area contributed by atoms with E-state index >= 15 is 0 Å². The highest BCUT2D eigenvalue weighted by Crippen LogP contribution is 2.12. The van der Waals surface area contributed by atoms with Gasteiger partial charge in [0.15, 0.2) is 0 Å². The van der Waals surface area contributed by atoms with E-state index in [0.29, 0.717) is 5.75 Å². The van der Waals surface area contributed by atoms with Crippen LogP contribution in [0.5, 0.6) is 5.75 Å². The second-order valence-electron chi connectivity index (χ2n) is 2.61. The average Bonchev–Trinajstić information content (AvgIpc) is 2.20. The third-order valence-electron chi connectivity index (χ3n) is 1.79. The molecule has 0 fully saturated rings. The van der Waals surface area contributed by atoms with Gasteiger partial charge >= 0.3 is 5.97 Å². The summed E-state index contributed by atoms with van der Waals surface area (Å²) in [4.78, 5) is 24.7. The van der Waals surface area contributed by atoms with E-state index in [1.54, 1.807) is 6.07 Å². The van der Waals surface area contributed by atoms with Gasteiger partial charge in [0.25, 0.3) is 5.56 Å². The molecule has 1 N–H and O–H groups in total. The Labute approximate surface area is 80.7 Å². The van der Waals surface area contributed by atoms with Gasteiger partial charge in [-0.1, -0.05) is 0 Å². The van der Waals surface area contributed by atoms with Crippen LogP contribution in [0.25, 0.3) is 0 Å². The van der Waals surface area contributed by atoms with E-state index in [1.165, 1.54) is 20.4 Å². The number of pyridine rings is 1. The number of esters is 1. The Balaban J connectivity index is 3.05. The molecule has 0 amide bonds. The van der Waals surface area contributed by atoms with Crippen molar-refractivity contribution in [3.63, 3.8) is 0 Å². The second kappa shape index (κ2) is 4.45. The van der Waals surface area contributed by atoms with Crippen molar-refractivity contribution in [3.8, 4) is 5.75 Å². The van der Waals surface area contributed by atoms with Crippen LogP contribution in [-0.4, -0.2) is 25.2 Å². The summed E-state index contributed by atoms with van der Waals surface area (Å²) < 4.78 is 9.41. The lowest BCUT2D eigenvalue weighted by atomic mass is 10.2. The first-order chi connectivity index (χ1) is 6.69. The highest BCUT2D eigenvalue weighted by Gasteiger charge is 2.12. The average molecular weight is 197 g/mol. The van der Waals surface area contributed by atoms with Crippen LogP contribution in [0, 0.1) is 0 Å². The first kappa shape index (κ1) is 10.3. The summed E-state index contributed by atoms with van der Waals surface area (Å²) in [6, 6.07) is 1.58. The number of carbonyl (C=O) groups excluding carboxylic acids is 1. The molecule has 5 heteroatoms. The number of rotatable bonds is 3. The van der Waals surface area contributed by atoms with Gasteiger partial charge in [-0.2, -0.15) is 0 Å². The molecule has 0 radical (unpaired) electrons. The number of carbonyl (C=O) groups is 1. The highest BCUT2D eigenvalue weighted by atomic mass is 16.5. The van der Waals surface area contributed by atoms with Crippen LogP contribution >= 0.6 is 0 Å². The minimum absolute atomic E-state index is 0.0875. The van der Waals surface area contributed by atoms with Crippen molar-refractivity contribution < 1.29 is 14.3 Å². The quantitative estimate of drug-likeness (QED) is 0.698. The molecule has 1 heterocycles. The van der Waals surface area contributed by atoms with E-state index in [1.807, 2.05) is 0 Å². The molecule has 5 nitrogen and oxygen atoms in total. The number of ether oxygens (including phenoxy) is 2. The molecular weight excluding hydrogens is 186 g/mol. The zero-order valence-corrected chi connectivity index (χ0v) is 7.99. The fourth-order valence-electron chi connectivity index (χ4n) is 1.07.